The van der Waals surface area contributed by atoms with Gasteiger partial charge in [0, 0.05) is 42.2 Å². The predicted molar refractivity (Wildman–Crippen MR) is 126 cm³/mol. The van der Waals surface area contributed by atoms with Gasteiger partial charge in [-0.05, 0) is 49.8 Å². The van der Waals surface area contributed by atoms with Crippen molar-refractivity contribution in [3.8, 4) is 11.3 Å². The molecule has 0 spiro atoms. The van der Waals surface area contributed by atoms with E-state index < -0.39 is 17.6 Å². The summed E-state index contributed by atoms with van der Waals surface area (Å²) in [7, 11) is 0. The average Bonchev–Trinajstić information content (AvgIpc) is 3.33. The minimum absolute atomic E-state index is 0.0368. The third-order valence-corrected chi connectivity index (χ3v) is 7.32. The van der Waals surface area contributed by atoms with Gasteiger partial charge in [0.1, 0.15) is 11.5 Å². The van der Waals surface area contributed by atoms with Crippen LogP contribution in [0.3, 0.4) is 0 Å². The molecule has 7 nitrogen and oxygen atoms in total. The van der Waals surface area contributed by atoms with E-state index in [0.29, 0.717) is 40.7 Å². The number of anilines is 1. The largest absolute Gasteiger partial charge is 0.390 e. The number of benzene rings is 1. The molecule has 34 heavy (non-hydrogen) atoms. The molecule has 6 rings (SSSR count). The summed E-state index contributed by atoms with van der Waals surface area (Å²) in [6.45, 7) is 1.81. The molecular weight excluding hydrogens is 440 g/mol. The lowest BCUT2D eigenvalue weighted by atomic mass is 9.77. The van der Waals surface area contributed by atoms with Crippen molar-refractivity contribution in [1.29, 1.82) is 0 Å². The number of pyridine rings is 2. The van der Waals surface area contributed by atoms with Crippen molar-refractivity contribution in [1.82, 2.24) is 19.3 Å². The van der Waals surface area contributed by atoms with Crippen molar-refractivity contribution in [3.63, 3.8) is 0 Å². The highest BCUT2D eigenvalue weighted by Gasteiger charge is 2.41. The summed E-state index contributed by atoms with van der Waals surface area (Å²) >= 11 is 0. The molecular formula is C25H25F2N5O2. The van der Waals surface area contributed by atoms with Crippen LogP contribution in [0.4, 0.5) is 14.6 Å². The van der Waals surface area contributed by atoms with Gasteiger partial charge in [-0.1, -0.05) is 12.1 Å². The fraction of sp³-hybridized carbons (Fsp3) is 0.400. The van der Waals surface area contributed by atoms with Gasteiger partial charge < -0.3 is 15.4 Å². The summed E-state index contributed by atoms with van der Waals surface area (Å²) in [6.07, 6.45) is 4.17. The molecule has 2 aliphatic rings. The molecule has 3 heterocycles. The Morgan fingerprint density at radius 1 is 1.15 bits per heavy atom. The number of nitrogens with zero attached hydrogens (tertiary/aromatic N) is 4. The van der Waals surface area contributed by atoms with Crippen molar-refractivity contribution < 1.29 is 13.9 Å². The third kappa shape index (κ3) is 3.29. The van der Waals surface area contributed by atoms with Crippen molar-refractivity contribution in [2.24, 2.45) is 0 Å². The van der Waals surface area contributed by atoms with Crippen LogP contribution in [0.15, 0.2) is 47.5 Å². The zero-order chi connectivity index (χ0) is 23.8. The van der Waals surface area contributed by atoms with Crippen LogP contribution in [0.25, 0.3) is 32.9 Å². The molecule has 1 aromatic carbocycles. The number of rotatable bonds is 3. The van der Waals surface area contributed by atoms with Gasteiger partial charge in [-0.25, -0.2) is 13.8 Å². The van der Waals surface area contributed by atoms with Gasteiger partial charge in [0.2, 0.25) is 5.92 Å². The second-order valence-electron chi connectivity index (χ2n) is 10.0. The lowest BCUT2D eigenvalue weighted by Gasteiger charge is -2.41. The number of hydrogen-bond acceptors (Lipinski definition) is 5. The summed E-state index contributed by atoms with van der Waals surface area (Å²) in [5, 5.41) is 17.0. The second kappa shape index (κ2) is 7.09. The van der Waals surface area contributed by atoms with Crippen LogP contribution < -0.4 is 11.3 Å². The monoisotopic (exact) mass is 465 g/mol. The minimum Gasteiger partial charge on any atom is -0.390 e. The Hall–Kier alpha value is -3.33. The lowest BCUT2D eigenvalue weighted by Crippen LogP contribution is -2.42. The maximum absolute atomic E-state index is 13.8. The zero-order valence-corrected chi connectivity index (χ0v) is 18.7. The molecule has 9 heteroatoms. The van der Waals surface area contributed by atoms with E-state index in [0.717, 1.165) is 10.9 Å². The Labute approximate surface area is 193 Å². The first-order valence-electron chi connectivity index (χ1n) is 11.5. The van der Waals surface area contributed by atoms with Gasteiger partial charge >= 0.3 is 0 Å². The summed E-state index contributed by atoms with van der Waals surface area (Å²) in [5.41, 5.74) is 7.38. The normalized spacial score (nSPS) is 26.2. The van der Waals surface area contributed by atoms with E-state index in [1.807, 2.05) is 22.9 Å². The van der Waals surface area contributed by atoms with E-state index in [-0.39, 0.29) is 30.9 Å². The first-order chi connectivity index (χ1) is 16.1. The SMILES string of the molecule is CC1(O)CC(n2nc(-c3ccc4ccn([C@@H]5CCC(F)(F)C5)c(=O)c4c3)c3c(N)nccc32)C1. The Bertz CT molecular complexity index is 1500. The summed E-state index contributed by atoms with van der Waals surface area (Å²) in [4.78, 5) is 17.5. The Kier molecular flexibility index (Phi) is 4.42. The highest BCUT2D eigenvalue weighted by atomic mass is 19.3. The molecule has 3 N–H and O–H groups in total. The maximum atomic E-state index is 13.8. The summed E-state index contributed by atoms with van der Waals surface area (Å²) < 4.78 is 30.9. The van der Waals surface area contributed by atoms with Gasteiger partial charge in [0.25, 0.3) is 5.56 Å². The van der Waals surface area contributed by atoms with Crippen LogP contribution in [-0.2, 0) is 0 Å². The fourth-order valence-electron chi connectivity index (χ4n) is 5.57. The smallest absolute Gasteiger partial charge is 0.258 e. The second-order valence-corrected chi connectivity index (χ2v) is 10.0. The standard InChI is InChI=1S/C25H25F2N5O2/c1-24(34)11-17(12-24)32-19-5-8-29-22(28)20(19)21(30-32)15-3-2-14-6-9-31(23(33)18(14)10-15)16-4-7-25(26,27)13-16/h2-3,5-6,8-10,16-17,34H,4,7,11-13H2,1H3,(H2,28,29)/t16-,17?,24?/m1/s1. The Morgan fingerprint density at radius 3 is 2.65 bits per heavy atom. The van der Waals surface area contributed by atoms with E-state index >= 15 is 0 Å². The molecule has 2 aliphatic carbocycles. The number of nitrogens with two attached hydrogens (primary N) is 1. The van der Waals surface area contributed by atoms with Gasteiger partial charge in [0.05, 0.1) is 22.5 Å². The fourth-order valence-corrected chi connectivity index (χ4v) is 5.57. The molecule has 4 aromatic rings. The highest BCUT2D eigenvalue weighted by molar-refractivity contribution is 6.01. The minimum atomic E-state index is -2.73. The number of fused-ring (bicyclic) bond motifs is 2. The molecule has 0 aliphatic heterocycles. The predicted octanol–water partition coefficient (Wildman–Crippen LogP) is 4.44. The molecule has 1 atom stereocenters. The van der Waals surface area contributed by atoms with E-state index in [2.05, 4.69) is 4.98 Å². The highest BCUT2D eigenvalue weighted by Crippen LogP contribution is 2.44. The van der Waals surface area contributed by atoms with Crippen LogP contribution in [0.5, 0.6) is 0 Å². The number of hydrogen-bond donors (Lipinski definition) is 2. The van der Waals surface area contributed by atoms with Gasteiger partial charge in [-0.3, -0.25) is 9.48 Å². The van der Waals surface area contributed by atoms with Gasteiger partial charge in [0.15, 0.2) is 0 Å². The molecule has 2 saturated carbocycles. The van der Waals surface area contributed by atoms with E-state index in [1.165, 1.54) is 4.57 Å². The van der Waals surface area contributed by atoms with E-state index in [1.54, 1.807) is 31.5 Å². The van der Waals surface area contributed by atoms with Crippen LogP contribution >= 0.6 is 0 Å². The first kappa shape index (κ1) is 21.2. The molecule has 0 bridgehead atoms. The number of halogens is 2. The molecule has 0 amide bonds. The van der Waals surface area contributed by atoms with Gasteiger partial charge in [-0.15, -0.1) is 0 Å². The molecule has 3 aromatic heterocycles. The van der Waals surface area contributed by atoms with Crippen molar-refractivity contribution in [2.75, 3.05) is 5.73 Å². The lowest BCUT2D eigenvalue weighted by molar-refractivity contribution is -0.0529. The zero-order valence-electron chi connectivity index (χ0n) is 18.7. The number of alkyl halides is 2. The number of aromatic nitrogens is 4. The van der Waals surface area contributed by atoms with Gasteiger partial charge in [-0.2, -0.15) is 5.10 Å². The molecule has 0 radical (unpaired) electrons. The summed E-state index contributed by atoms with van der Waals surface area (Å²) in [6, 6.07) is 8.65. The maximum Gasteiger partial charge on any atom is 0.258 e. The first-order valence-corrected chi connectivity index (χ1v) is 11.5. The van der Waals surface area contributed by atoms with E-state index in [4.69, 9.17) is 10.8 Å². The average molecular weight is 466 g/mol. The molecule has 0 saturated heterocycles. The van der Waals surface area contributed by atoms with Crippen LogP contribution in [0.2, 0.25) is 0 Å². The quantitative estimate of drug-likeness (QED) is 0.466. The topological polar surface area (TPSA) is 99.0 Å². The Balaban J connectivity index is 1.49. The van der Waals surface area contributed by atoms with E-state index in [9.17, 15) is 18.7 Å². The third-order valence-electron chi connectivity index (χ3n) is 7.32. The molecule has 0 unspecified atom stereocenters. The molecule has 2 fully saturated rings. The molecule has 176 valence electrons. The van der Waals surface area contributed by atoms with Crippen molar-refractivity contribution in [3.05, 3.63) is 53.1 Å². The van der Waals surface area contributed by atoms with Crippen LogP contribution in [0, 0.1) is 0 Å². The summed E-state index contributed by atoms with van der Waals surface area (Å²) in [5.74, 6) is -2.40. The van der Waals surface area contributed by atoms with Crippen LogP contribution in [-0.4, -0.2) is 36.0 Å². The Morgan fingerprint density at radius 2 is 1.94 bits per heavy atom. The number of nitrogen functional groups attached to an aromatic ring is 1. The van der Waals surface area contributed by atoms with Crippen LogP contribution in [0.1, 0.15) is 51.1 Å². The number of aliphatic hydroxyl groups is 1. The van der Waals surface area contributed by atoms with Crippen molar-refractivity contribution in [2.45, 2.75) is 62.6 Å². The van der Waals surface area contributed by atoms with Crippen molar-refractivity contribution >= 4 is 27.5 Å².